The van der Waals surface area contributed by atoms with E-state index in [1.165, 1.54) is 12.3 Å². The second kappa shape index (κ2) is 6.15. The van der Waals surface area contributed by atoms with Crippen LogP contribution in [0.2, 0.25) is 0 Å². The van der Waals surface area contributed by atoms with E-state index in [1.807, 2.05) is 0 Å². The molecule has 25 heavy (non-hydrogen) atoms. The van der Waals surface area contributed by atoms with Gasteiger partial charge in [-0.05, 0) is 23.6 Å². The summed E-state index contributed by atoms with van der Waals surface area (Å²) in [6.45, 7) is -0.552. The maximum atomic E-state index is 14.1. The molecule has 2 aromatic rings. The molecule has 1 saturated heterocycles. The van der Waals surface area contributed by atoms with Gasteiger partial charge in [0.05, 0.1) is 12.0 Å². The zero-order valence-corrected chi connectivity index (χ0v) is 13.9. The SMILES string of the molecule is CS(=O)(=O)c1cc2ccn([C@@H]3O[C@H](CO)[C@@H](O)[C@@H]3O)c(=O)c2cc1F. The lowest BCUT2D eigenvalue weighted by Crippen LogP contribution is -2.35. The van der Waals surface area contributed by atoms with Crippen LogP contribution < -0.4 is 5.56 Å². The molecular formula is C15H16FNO7S. The molecule has 8 nitrogen and oxygen atoms in total. The van der Waals surface area contributed by atoms with Gasteiger partial charge in [0.2, 0.25) is 0 Å². The first-order chi connectivity index (χ1) is 11.6. The number of halogens is 1. The van der Waals surface area contributed by atoms with Crippen molar-refractivity contribution in [3.05, 3.63) is 40.6 Å². The molecule has 1 aliphatic heterocycles. The molecule has 4 atom stereocenters. The highest BCUT2D eigenvalue weighted by molar-refractivity contribution is 7.90. The van der Waals surface area contributed by atoms with Gasteiger partial charge >= 0.3 is 0 Å². The lowest BCUT2D eigenvalue weighted by Gasteiger charge is -2.18. The smallest absolute Gasteiger partial charge is 0.260 e. The zero-order chi connectivity index (χ0) is 18.5. The van der Waals surface area contributed by atoms with Crippen LogP contribution in [-0.2, 0) is 14.6 Å². The van der Waals surface area contributed by atoms with E-state index in [0.29, 0.717) is 0 Å². The molecule has 2 heterocycles. The standard InChI is InChI=1S/C15H16FNO7S/c1-25(22,23)11-4-7-2-3-17(14(21)8(7)5-9(11)16)15-13(20)12(19)10(6-18)24-15/h2-5,10,12-13,15,18-20H,6H2,1H3/t10-,12-,13+,15-/m1/s1. The summed E-state index contributed by atoms with van der Waals surface area (Å²) in [4.78, 5) is 12.1. The number of pyridine rings is 1. The van der Waals surface area contributed by atoms with Gasteiger partial charge < -0.3 is 20.1 Å². The molecule has 0 spiro atoms. The molecule has 3 N–H and O–H groups in total. The third-order valence-electron chi connectivity index (χ3n) is 4.17. The summed E-state index contributed by atoms with van der Waals surface area (Å²) in [7, 11) is -3.80. The van der Waals surface area contributed by atoms with Crippen LogP contribution in [0.4, 0.5) is 4.39 Å². The fraction of sp³-hybridized carbons (Fsp3) is 0.400. The van der Waals surface area contributed by atoms with Gasteiger partial charge in [0, 0.05) is 12.5 Å². The van der Waals surface area contributed by atoms with Crippen LogP contribution in [-0.4, -0.2) is 59.5 Å². The number of benzene rings is 1. The Kier molecular flexibility index (Phi) is 4.41. The number of aliphatic hydroxyl groups excluding tert-OH is 3. The minimum Gasteiger partial charge on any atom is -0.394 e. The molecule has 1 aromatic heterocycles. The molecule has 136 valence electrons. The van der Waals surface area contributed by atoms with E-state index >= 15 is 0 Å². The van der Waals surface area contributed by atoms with Crippen molar-refractivity contribution in [3.8, 4) is 0 Å². The second-order valence-electron chi connectivity index (χ2n) is 5.90. The Morgan fingerprint density at radius 2 is 1.96 bits per heavy atom. The predicted molar refractivity (Wildman–Crippen MR) is 84.3 cm³/mol. The maximum absolute atomic E-state index is 14.1. The first-order valence-electron chi connectivity index (χ1n) is 7.32. The van der Waals surface area contributed by atoms with Crippen LogP contribution in [0.5, 0.6) is 0 Å². The number of nitrogens with zero attached hydrogens (tertiary/aromatic N) is 1. The zero-order valence-electron chi connectivity index (χ0n) is 13.0. The fourth-order valence-corrected chi connectivity index (χ4v) is 3.61. The lowest BCUT2D eigenvalue weighted by molar-refractivity contribution is -0.0541. The van der Waals surface area contributed by atoms with Gasteiger partial charge in [-0.1, -0.05) is 0 Å². The summed E-state index contributed by atoms with van der Waals surface area (Å²) in [5.74, 6) is -1.06. The quantitative estimate of drug-likeness (QED) is 0.640. The number of aliphatic hydroxyl groups is 3. The van der Waals surface area contributed by atoms with Crippen molar-refractivity contribution in [2.45, 2.75) is 29.4 Å². The Hall–Kier alpha value is -1.85. The van der Waals surface area contributed by atoms with Crippen molar-refractivity contribution in [2.75, 3.05) is 12.9 Å². The third kappa shape index (κ3) is 2.96. The number of sulfone groups is 1. The van der Waals surface area contributed by atoms with Crippen LogP contribution in [0.25, 0.3) is 10.8 Å². The van der Waals surface area contributed by atoms with Crippen molar-refractivity contribution in [3.63, 3.8) is 0 Å². The molecule has 0 radical (unpaired) electrons. The van der Waals surface area contributed by atoms with E-state index in [0.717, 1.165) is 23.0 Å². The van der Waals surface area contributed by atoms with E-state index in [1.54, 1.807) is 0 Å². The third-order valence-corrected chi connectivity index (χ3v) is 5.29. The first kappa shape index (κ1) is 18.0. The molecule has 0 saturated carbocycles. The summed E-state index contributed by atoms with van der Waals surface area (Å²) in [6, 6.07) is 3.24. The molecule has 1 fully saturated rings. The Morgan fingerprint density at radius 1 is 1.28 bits per heavy atom. The Bertz CT molecular complexity index is 987. The van der Waals surface area contributed by atoms with Crippen molar-refractivity contribution in [1.82, 2.24) is 4.57 Å². The van der Waals surface area contributed by atoms with Crippen molar-refractivity contribution in [1.29, 1.82) is 0 Å². The molecule has 10 heteroatoms. The topological polar surface area (TPSA) is 126 Å². The molecule has 0 aliphatic carbocycles. The molecule has 3 rings (SSSR count). The summed E-state index contributed by atoms with van der Waals surface area (Å²) >= 11 is 0. The van der Waals surface area contributed by atoms with Gasteiger partial charge in [-0.3, -0.25) is 9.36 Å². The van der Waals surface area contributed by atoms with E-state index in [2.05, 4.69) is 0 Å². The summed E-state index contributed by atoms with van der Waals surface area (Å²) in [5.41, 5.74) is -0.730. The van der Waals surface area contributed by atoms with Gasteiger partial charge in [-0.25, -0.2) is 12.8 Å². The minimum absolute atomic E-state index is 0.106. The van der Waals surface area contributed by atoms with Gasteiger partial charge in [-0.2, -0.15) is 0 Å². The average Bonchev–Trinajstić information content (AvgIpc) is 2.82. The Balaban J connectivity index is 2.15. The number of fused-ring (bicyclic) bond motifs is 1. The number of aromatic nitrogens is 1. The molecule has 0 amide bonds. The van der Waals surface area contributed by atoms with Crippen LogP contribution in [0.3, 0.4) is 0 Å². The minimum atomic E-state index is -3.80. The molecule has 0 bridgehead atoms. The van der Waals surface area contributed by atoms with E-state index in [4.69, 9.17) is 9.84 Å². The highest BCUT2D eigenvalue weighted by atomic mass is 32.2. The fourth-order valence-electron chi connectivity index (χ4n) is 2.85. The second-order valence-corrected chi connectivity index (χ2v) is 7.88. The molecular weight excluding hydrogens is 357 g/mol. The van der Waals surface area contributed by atoms with Crippen molar-refractivity contribution >= 4 is 20.6 Å². The van der Waals surface area contributed by atoms with Gasteiger partial charge in [-0.15, -0.1) is 0 Å². The summed E-state index contributed by atoms with van der Waals surface area (Å²) < 4.78 is 43.5. The highest BCUT2D eigenvalue weighted by Crippen LogP contribution is 2.29. The Morgan fingerprint density at radius 3 is 2.52 bits per heavy atom. The van der Waals surface area contributed by atoms with Gasteiger partial charge in [0.1, 0.15) is 29.0 Å². The van der Waals surface area contributed by atoms with Crippen LogP contribution in [0.1, 0.15) is 6.23 Å². The maximum Gasteiger partial charge on any atom is 0.260 e. The van der Waals surface area contributed by atoms with Crippen molar-refractivity contribution in [2.24, 2.45) is 0 Å². The largest absolute Gasteiger partial charge is 0.394 e. The summed E-state index contributed by atoms with van der Waals surface area (Å²) in [6.07, 6.45) is -3.07. The van der Waals surface area contributed by atoms with Gasteiger partial charge in [0.25, 0.3) is 5.56 Å². The predicted octanol–water partition coefficient (Wildman–Crippen LogP) is -0.844. The number of hydrogen-bond donors (Lipinski definition) is 3. The van der Waals surface area contributed by atoms with E-state index < -0.39 is 57.3 Å². The number of hydrogen-bond acceptors (Lipinski definition) is 7. The van der Waals surface area contributed by atoms with Gasteiger partial charge in [0.15, 0.2) is 16.1 Å². The molecule has 1 aromatic carbocycles. The number of rotatable bonds is 3. The summed E-state index contributed by atoms with van der Waals surface area (Å²) in [5, 5.41) is 29.0. The first-order valence-corrected chi connectivity index (χ1v) is 9.21. The molecule has 0 unspecified atom stereocenters. The van der Waals surface area contributed by atoms with E-state index in [9.17, 15) is 27.8 Å². The van der Waals surface area contributed by atoms with Crippen LogP contribution in [0.15, 0.2) is 34.1 Å². The highest BCUT2D eigenvalue weighted by Gasteiger charge is 2.43. The lowest BCUT2D eigenvalue weighted by atomic mass is 10.1. The van der Waals surface area contributed by atoms with E-state index in [-0.39, 0.29) is 10.8 Å². The monoisotopic (exact) mass is 373 g/mol. The number of ether oxygens (including phenoxy) is 1. The normalized spacial score (nSPS) is 27.1. The Labute approximate surface area is 141 Å². The average molecular weight is 373 g/mol. The van der Waals surface area contributed by atoms with Crippen LogP contribution in [0, 0.1) is 5.82 Å². The van der Waals surface area contributed by atoms with Crippen molar-refractivity contribution < 1.29 is 32.9 Å². The van der Waals surface area contributed by atoms with Crippen LogP contribution >= 0.6 is 0 Å². The molecule has 1 aliphatic rings.